The Morgan fingerprint density at radius 3 is 2.58 bits per heavy atom. The minimum atomic E-state index is 0.272. The molecular weight excluding hydrogens is 314 g/mol. The van der Waals surface area contributed by atoms with Crippen molar-refractivity contribution in [2.24, 2.45) is 5.92 Å². The molecule has 24 heavy (non-hydrogen) atoms. The van der Waals surface area contributed by atoms with Gasteiger partial charge in [-0.05, 0) is 50.0 Å². The van der Waals surface area contributed by atoms with Crippen LogP contribution in [0.5, 0.6) is 0 Å². The standard InChI is InChI=1S/C21H35NOS/c1-5-9-17(10-6-2)20-14-18(15-24-20)21(23)22-13-8-12-16(4)19(22)11-7-3/h14-17,19H,5-13H2,1-4H3. The third kappa shape index (κ3) is 4.62. The zero-order chi connectivity index (χ0) is 17.5. The van der Waals surface area contributed by atoms with Crippen molar-refractivity contribution in [3.63, 3.8) is 0 Å². The van der Waals surface area contributed by atoms with Gasteiger partial charge in [0.1, 0.15) is 0 Å². The van der Waals surface area contributed by atoms with Gasteiger partial charge in [0.2, 0.25) is 0 Å². The van der Waals surface area contributed by atoms with Gasteiger partial charge < -0.3 is 4.90 Å². The number of piperidine rings is 1. The molecule has 0 aliphatic carbocycles. The number of likely N-dealkylation sites (tertiary alicyclic amines) is 1. The van der Waals surface area contributed by atoms with Crippen LogP contribution in [0.4, 0.5) is 0 Å². The molecule has 1 aromatic heterocycles. The molecule has 2 unspecified atom stereocenters. The first-order valence-electron chi connectivity index (χ1n) is 10.0. The van der Waals surface area contributed by atoms with Crippen LogP contribution in [-0.4, -0.2) is 23.4 Å². The highest BCUT2D eigenvalue weighted by atomic mass is 32.1. The topological polar surface area (TPSA) is 20.3 Å². The van der Waals surface area contributed by atoms with Crippen LogP contribution >= 0.6 is 11.3 Å². The molecule has 1 aromatic rings. The maximum Gasteiger partial charge on any atom is 0.254 e. The number of nitrogens with zero attached hydrogens (tertiary/aromatic N) is 1. The highest BCUT2D eigenvalue weighted by Gasteiger charge is 2.32. The summed E-state index contributed by atoms with van der Waals surface area (Å²) in [7, 11) is 0. The van der Waals surface area contributed by atoms with Crippen LogP contribution in [0.25, 0.3) is 0 Å². The molecule has 2 heterocycles. The Labute approximate surface area is 152 Å². The Morgan fingerprint density at radius 1 is 1.25 bits per heavy atom. The Morgan fingerprint density at radius 2 is 1.96 bits per heavy atom. The molecule has 2 nitrogen and oxygen atoms in total. The van der Waals surface area contributed by atoms with Crippen LogP contribution in [-0.2, 0) is 0 Å². The smallest absolute Gasteiger partial charge is 0.254 e. The van der Waals surface area contributed by atoms with E-state index in [1.165, 1.54) is 37.0 Å². The van der Waals surface area contributed by atoms with E-state index in [0.29, 0.717) is 17.9 Å². The van der Waals surface area contributed by atoms with E-state index in [9.17, 15) is 4.79 Å². The molecule has 1 aliphatic heterocycles. The molecular formula is C21H35NOS. The summed E-state index contributed by atoms with van der Waals surface area (Å²) in [5, 5.41) is 2.11. The number of hydrogen-bond acceptors (Lipinski definition) is 2. The van der Waals surface area contributed by atoms with Gasteiger partial charge in [0, 0.05) is 22.8 Å². The second-order valence-electron chi connectivity index (χ2n) is 7.49. The van der Waals surface area contributed by atoms with Crippen molar-refractivity contribution in [3.8, 4) is 0 Å². The average molecular weight is 350 g/mol. The van der Waals surface area contributed by atoms with E-state index in [-0.39, 0.29) is 5.91 Å². The molecule has 2 atom stereocenters. The van der Waals surface area contributed by atoms with Gasteiger partial charge in [-0.2, -0.15) is 0 Å². The fraction of sp³-hybridized carbons (Fsp3) is 0.762. The van der Waals surface area contributed by atoms with Gasteiger partial charge in [-0.25, -0.2) is 0 Å². The Bertz CT molecular complexity index is 504. The van der Waals surface area contributed by atoms with E-state index in [1.54, 1.807) is 11.3 Å². The third-order valence-corrected chi connectivity index (χ3v) is 6.60. The maximum atomic E-state index is 13.1. The maximum absolute atomic E-state index is 13.1. The van der Waals surface area contributed by atoms with E-state index in [2.05, 4.69) is 44.0 Å². The van der Waals surface area contributed by atoms with Crippen molar-refractivity contribution in [3.05, 3.63) is 21.9 Å². The molecule has 0 saturated carbocycles. The highest BCUT2D eigenvalue weighted by molar-refractivity contribution is 7.10. The largest absolute Gasteiger partial charge is 0.335 e. The normalized spacial score (nSPS) is 21.5. The van der Waals surface area contributed by atoms with Gasteiger partial charge in [-0.15, -0.1) is 11.3 Å². The third-order valence-electron chi connectivity index (χ3n) is 5.50. The summed E-state index contributed by atoms with van der Waals surface area (Å²) in [5.41, 5.74) is 0.933. The quantitative estimate of drug-likeness (QED) is 0.526. The molecule has 0 radical (unpaired) electrons. The van der Waals surface area contributed by atoms with Crippen molar-refractivity contribution in [2.75, 3.05) is 6.54 Å². The molecule has 1 fully saturated rings. The predicted molar refractivity (Wildman–Crippen MR) is 105 cm³/mol. The number of hydrogen-bond donors (Lipinski definition) is 0. The molecule has 0 bridgehead atoms. The molecule has 1 amide bonds. The highest BCUT2D eigenvalue weighted by Crippen LogP contribution is 2.33. The van der Waals surface area contributed by atoms with Crippen LogP contribution in [0.3, 0.4) is 0 Å². The lowest BCUT2D eigenvalue weighted by atomic mass is 9.87. The fourth-order valence-electron chi connectivity index (χ4n) is 4.21. The number of rotatable bonds is 8. The van der Waals surface area contributed by atoms with E-state index in [0.717, 1.165) is 31.4 Å². The molecule has 1 saturated heterocycles. The molecule has 0 aromatic carbocycles. The summed E-state index contributed by atoms with van der Waals surface area (Å²) < 4.78 is 0. The summed E-state index contributed by atoms with van der Waals surface area (Å²) in [5.74, 6) is 1.54. The molecule has 0 N–H and O–H groups in total. The lowest BCUT2D eigenvalue weighted by Gasteiger charge is -2.40. The first kappa shape index (κ1) is 19.5. The molecule has 3 heteroatoms. The van der Waals surface area contributed by atoms with Gasteiger partial charge >= 0.3 is 0 Å². The zero-order valence-electron chi connectivity index (χ0n) is 16.0. The minimum Gasteiger partial charge on any atom is -0.335 e. The number of carbonyl (C=O) groups excluding carboxylic acids is 1. The summed E-state index contributed by atoms with van der Waals surface area (Å²) in [6.45, 7) is 10.00. The lowest BCUT2D eigenvalue weighted by Crippen LogP contribution is -2.47. The van der Waals surface area contributed by atoms with Gasteiger partial charge in [0.25, 0.3) is 5.91 Å². The second kappa shape index (κ2) is 9.60. The molecule has 0 spiro atoms. The zero-order valence-corrected chi connectivity index (χ0v) is 16.8. The second-order valence-corrected chi connectivity index (χ2v) is 8.43. The summed E-state index contributed by atoms with van der Waals surface area (Å²) in [4.78, 5) is 16.7. The number of amides is 1. The molecule has 2 rings (SSSR count). The van der Waals surface area contributed by atoms with E-state index in [4.69, 9.17) is 0 Å². The first-order chi connectivity index (χ1) is 11.6. The summed E-state index contributed by atoms with van der Waals surface area (Å²) in [6.07, 6.45) is 9.61. The summed E-state index contributed by atoms with van der Waals surface area (Å²) in [6, 6.07) is 2.63. The Balaban J connectivity index is 2.14. The van der Waals surface area contributed by atoms with Crippen LogP contribution in [0.15, 0.2) is 11.4 Å². The molecule has 136 valence electrons. The van der Waals surface area contributed by atoms with Gasteiger partial charge in [0.05, 0.1) is 5.56 Å². The van der Waals surface area contributed by atoms with Crippen LogP contribution in [0.2, 0.25) is 0 Å². The first-order valence-corrected chi connectivity index (χ1v) is 10.9. The van der Waals surface area contributed by atoms with Crippen molar-refractivity contribution in [2.45, 2.75) is 91.0 Å². The monoisotopic (exact) mass is 349 g/mol. The average Bonchev–Trinajstić information content (AvgIpc) is 3.06. The van der Waals surface area contributed by atoms with Crippen LogP contribution in [0, 0.1) is 5.92 Å². The summed E-state index contributed by atoms with van der Waals surface area (Å²) >= 11 is 1.80. The Hall–Kier alpha value is -0.830. The van der Waals surface area contributed by atoms with Crippen molar-refractivity contribution in [1.82, 2.24) is 4.90 Å². The SMILES string of the molecule is CCCC(CCC)c1cc(C(=O)N2CCCC(C)C2CCC)cs1. The van der Waals surface area contributed by atoms with E-state index in [1.807, 2.05) is 0 Å². The number of carbonyl (C=O) groups is 1. The Kier molecular flexibility index (Phi) is 7.80. The minimum absolute atomic E-state index is 0.272. The van der Waals surface area contributed by atoms with Gasteiger partial charge in [-0.3, -0.25) is 4.79 Å². The van der Waals surface area contributed by atoms with Crippen LogP contribution in [0.1, 0.15) is 100 Å². The molecule has 1 aliphatic rings. The van der Waals surface area contributed by atoms with Gasteiger partial charge in [0.15, 0.2) is 0 Å². The van der Waals surface area contributed by atoms with E-state index < -0.39 is 0 Å². The lowest BCUT2D eigenvalue weighted by molar-refractivity contribution is 0.0498. The van der Waals surface area contributed by atoms with Crippen molar-refractivity contribution in [1.29, 1.82) is 0 Å². The predicted octanol–water partition coefficient (Wildman–Crippen LogP) is 6.47. The van der Waals surface area contributed by atoms with Crippen LogP contribution < -0.4 is 0 Å². The van der Waals surface area contributed by atoms with Gasteiger partial charge in [-0.1, -0.05) is 47.0 Å². The van der Waals surface area contributed by atoms with E-state index >= 15 is 0 Å². The fourth-order valence-corrected chi connectivity index (χ4v) is 5.26. The number of thiophene rings is 1. The van der Waals surface area contributed by atoms with Crippen molar-refractivity contribution < 1.29 is 4.79 Å². The van der Waals surface area contributed by atoms with Crippen molar-refractivity contribution >= 4 is 17.2 Å².